The Labute approximate surface area is 147 Å². The molecule has 0 spiro atoms. The Morgan fingerprint density at radius 1 is 1.00 bits per heavy atom. The van der Waals surface area contributed by atoms with E-state index in [1.165, 1.54) is 0 Å². The Hall–Kier alpha value is -2.91. The van der Waals surface area contributed by atoms with Crippen LogP contribution in [0, 0.1) is 11.3 Å². The van der Waals surface area contributed by atoms with Gasteiger partial charge in [0.05, 0.1) is 5.03 Å². The van der Waals surface area contributed by atoms with Gasteiger partial charge in [-0.2, -0.15) is 5.26 Å². The van der Waals surface area contributed by atoms with E-state index in [-0.39, 0.29) is 10.6 Å². The summed E-state index contributed by atoms with van der Waals surface area (Å²) in [7, 11) is 3.87. The monoisotopic (exact) mass is 338 g/mol. The molecule has 0 atom stereocenters. The van der Waals surface area contributed by atoms with Crippen LogP contribution in [0.5, 0.6) is 0 Å². The summed E-state index contributed by atoms with van der Waals surface area (Å²) >= 11 is 4.24. The number of anilines is 3. The lowest BCUT2D eigenvalue weighted by Crippen LogP contribution is -2.16. The van der Waals surface area contributed by atoms with Crippen molar-refractivity contribution in [2.75, 3.05) is 29.6 Å². The zero-order valence-electron chi connectivity index (χ0n) is 13.4. The fraction of sp³-hybridized carbons (Fsp3) is 0.111. The molecule has 0 fully saturated rings. The van der Waals surface area contributed by atoms with Crippen LogP contribution in [-0.4, -0.2) is 20.0 Å². The number of nitrogens with zero attached hydrogens (tertiary/aromatic N) is 2. The van der Waals surface area contributed by atoms with Crippen LogP contribution in [0.2, 0.25) is 0 Å². The minimum absolute atomic E-state index is 0.0844. The standard InChI is InChI=1S/C18H18N4OS/c1-22(2)15-10-8-14(9-11-15)20-17(23)16(12-19)18(24)21-13-6-4-3-5-7-13/h3-11,21,24H,1-2H3,(H,20,23). The van der Waals surface area contributed by atoms with E-state index in [0.717, 1.165) is 11.4 Å². The molecule has 0 radical (unpaired) electrons. The highest BCUT2D eigenvalue weighted by Crippen LogP contribution is 2.18. The van der Waals surface area contributed by atoms with Crippen LogP contribution in [0.25, 0.3) is 0 Å². The van der Waals surface area contributed by atoms with Crippen LogP contribution in [-0.2, 0) is 4.79 Å². The lowest BCUT2D eigenvalue weighted by atomic mass is 10.2. The van der Waals surface area contributed by atoms with Gasteiger partial charge in [-0.3, -0.25) is 4.79 Å². The lowest BCUT2D eigenvalue weighted by Gasteiger charge is -2.13. The highest BCUT2D eigenvalue weighted by molar-refractivity contribution is 7.84. The molecule has 6 heteroatoms. The Morgan fingerprint density at radius 2 is 1.58 bits per heavy atom. The largest absolute Gasteiger partial charge is 0.378 e. The summed E-state index contributed by atoms with van der Waals surface area (Å²) in [5, 5.41) is 15.1. The topological polar surface area (TPSA) is 68.2 Å². The molecule has 5 nitrogen and oxygen atoms in total. The highest BCUT2D eigenvalue weighted by atomic mass is 32.1. The van der Waals surface area contributed by atoms with Crippen molar-refractivity contribution in [3.8, 4) is 6.07 Å². The van der Waals surface area contributed by atoms with Crippen LogP contribution >= 0.6 is 12.6 Å². The molecule has 0 heterocycles. The Kier molecular flexibility index (Phi) is 5.88. The predicted octanol–water partition coefficient (Wildman–Crippen LogP) is 3.47. The van der Waals surface area contributed by atoms with Gasteiger partial charge in [0.25, 0.3) is 5.91 Å². The van der Waals surface area contributed by atoms with Crippen molar-refractivity contribution in [1.82, 2.24) is 0 Å². The van der Waals surface area contributed by atoms with Crippen LogP contribution in [0.4, 0.5) is 17.1 Å². The van der Waals surface area contributed by atoms with Crippen molar-refractivity contribution in [2.24, 2.45) is 0 Å². The fourth-order valence-electron chi connectivity index (χ4n) is 1.97. The molecule has 0 saturated carbocycles. The molecule has 2 rings (SSSR count). The third-order valence-corrected chi connectivity index (χ3v) is 3.59. The third kappa shape index (κ3) is 4.54. The molecule has 0 aliphatic heterocycles. The quantitative estimate of drug-likeness (QED) is 0.444. The zero-order valence-corrected chi connectivity index (χ0v) is 14.3. The number of hydrogen-bond donors (Lipinski definition) is 3. The van der Waals surface area contributed by atoms with E-state index in [4.69, 9.17) is 0 Å². The third-order valence-electron chi connectivity index (χ3n) is 3.25. The summed E-state index contributed by atoms with van der Waals surface area (Å²) in [6.45, 7) is 0. The summed E-state index contributed by atoms with van der Waals surface area (Å²) in [6.07, 6.45) is 0. The molecular formula is C18H18N4OS. The molecule has 1 amide bonds. The molecule has 0 aliphatic rings. The van der Waals surface area contributed by atoms with E-state index in [2.05, 4.69) is 23.3 Å². The minimum atomic E-state index is -0.511. The highest BCUT2D eigenvalue weighted by Gasteiger charge is 2.14. The van der Waals surface area contributed by atoms with Crippen molar-refractivity contribution in [1.29, 1.82) is 5.26 Å². The SMILES string of the molecule is CN(C)c1ccc(NC(=O)C(C#N)=C(S)Nc2ccccc2)cc1. The van der Waals surface area contributed by atoms with E-state index in [1.807, 2.05) is 67.5 Å². The molecule has 122 valence electrons. The van der Waals surface area contributed by atoms with Gasteiger partial charge in [-0.15, -0.1) is 12.6 Å². The van der Waals surface area contributed by atoms with Crippen molar-refractivity contribution in [3.63, 3.8) is 0 Å². The fourth-order valence-corrected chi connectivity index (χ4v) is 2.25. The Balaban J connectivity index is 2.13. The molecule has 2 N–H and O–H groups in total. The molecule has 0 aromatic heterocycles. The van der Waals surface area contributed by atoms with Gasteiger partial charge in [0, 0.05) is 31.2 Å². The van der Waals surface area contributed by atoms with Crippen LogP contribution < -0.4 is 15.5 Å². The van der Waals surface area contributed by atoms with Crippen LogP contribution in [0.1, 0.15) is 0 Å². The van der Waals surface area contributed by atoms with Crippen molar-refractivity contribution < 1.29 is 4.79 Å². The summed E-state index contributed by atoms with van der Waals surface area (Å²) in [5.74, 6) is -0.511. The van der Waals surface area contributed by atoms with E-state index >= 15 is 0 Å². The average molecular weight is 338 g/mol. The number of thiol groups is 1. The normalized spacial score (nSPS) is 11.1. The Morgan fingerprint density at radius 3 is 2.12 bits per heavy atom. The molecule has 0 aliphatic carbocycles. The van der Waals surface area contributed by atoms with E-state index < -0.39 is 5.91 Å². The summed E-state index contributed by atoms with van der Waals surface area (Å²) in [5.41, 5.74) is 2.29. The number of nitriles is 1. The van der Waals surface area contributed by atoms with Gasteiger partial charge in [-0.05, 0) is 36.4 Å². The second kappa shape index (κ2) is 8.09. The van der Waals surface area contributed by atoms with Gasteiger partial charge in [0.2, 0.25) is 0 Å². The van der Waals surface area contributed by atoms with E-state index in [9.17, 15) is 10.1 Å². The first-order chi connectivity index (χ1) is 11.5. The summed E-state index contributed by atoms with van der Waals surface area (Å²) in [4.78, 5) is 14.3. The van der Waals surface area contributed by atoms with Gasteiger partial charge in [-0.25, -0.2) is 0 Å². The number of rotatable bonds is 5. The number of amides is 1. The maximum Gasteiger partial charge on any atom is 0.269 e. The van der Waals surface area contributed by atoms with Crippen molar-refractivity contribution in [3.05, 3.63) is 65.2 Å². The first kappa shape index (κ1) is 17.4. The number of para-hydroxylation sites is 1. The Bertz CT molecular complexity index is 777. The second-order valence-corrected chi connectivity index (χ2v) is 5.67. The molecule has 2 aromatic rings. The smallest absolute Gasteiger partial charge is 0.269 e. The number of benzene rings is 2. The van der Waals surface area contributed by atoms with Crippen molar-refractivity contribution >= 4 is 35.6 Å². The van der Waals surface area contributed by atoms with Crippen LogP contribution in [0.3, 0.4) is 0 Å². The van der Waals surface area contributed by atoms with E-state index in [1.54, 1.807) is 12.1 Å². The van der Waals surface area contributed by atoms with Gasteiger partial charge >= 0.3 is 0 Å². The zero-order chi connectivity index (χ0) is 17.5. The summed E-state index contributed by atoms with van der Waals surface area (Å²) < 4.78 is 0. The van der Waals surface area contributed by atoms with Gasteiger partial charge in [0.1, 0.15) is 11.6 Å². The number of carbonyl (C=O) groups excluding carboxylic acids is 1. The molecule has 0 bridgehead atoms. The first-order valence-corrected chi connectivity index (χ1v) is 7.70. The average Bonchev–Trinajstić information content (AvgIpc) is 2.57. The number of hydrogen-bond acceptors (Lipinski definition) is 5. The van der Waals surface area contributed by atoms with Gasteiger partial charge in [-0.1, -0.05) is 18.2 Å². The maximum absolute atomic E-state index is 12.3. The van der Waals surface area contributed by atoms with Crippen molar-refractivity contribution in [2.45, 2.75) is 0 Å². The molecule has 24 heavy (non-hydrogen) atoms. The number of nitrogens with one attached hydrogen (secondary N) is 2. The molecular weight excluding hydrogens is 320 g/mol. The van der Waals surface area contributed by atoms with Gasteiger partial charge in [0.15, 0.2) is 0 Å². The maximum atomic E-state index is 12.3. The minimum Gasteiger partial charge on any atom is -0.378 e. The second-order valence-electron chi connectivity index (χ2n) is 5.22. The molecule has 0 unspecified atom stereocenters. The summed E-state index contributed by atoms with van der Waals surface area (Å²) in [6, 6.07) is 18.4. The van der Waals surface area contributed by atoms with Crippen LogP contribution in [0.15, 0.2) is 65.2 Å². The number of carbonyl (C=O) groups is 1. The lowest BCUT2D eigenvalue weighted by molar-refractivity contribution is -0.112. The van der Waals surface area contributed by atoms with Gasteiger partial charge < -0.3 is 15.5 Å². The molecule has 2 aromatic carbocycles. The molecule has 0 saturated heterocycles. The van der Waals surface area contributed by atoms with E-state index in [0.29, 0.717) is 5.69 Å². The first-order valence-electron chi connectivity index (χ1n) is 7.25. The predicted molar refractivity (Wildman–Crippen MR) is 101 cm³/mol.